The molecule has 0 radical (unpaired) electrons. The lowest BCUT2D eigenvalue weighted by molar-refractivity contribution is 0.112. The SMILES string of the molecule is Cc1ccc(-c2ccccc2)c(-c2ccc(C=O)cc2)n1. The van der Waals surface area contributed by atoms with Crippen LogP contribution in [0.5, 0.6) is 0 Å². The molecule has 0 bridgehead atoms. The van der Waals surface area contributed by atoms with E-state index in [9.17, 15) is 4.79 Å². The van der Waals surface area contributed by atoms with E-state index in [4.69, 9.17) is 0 Å². The molecule has 0 amide bonds. The van der Waals surface area contributed by atoms with Crippen LogP contribution in [0.2, 0.25) is 0 Å². The number of nitrogens with zero attached hydrogens (tertiary/aromatic N) is 1. The van der Waals surface area contributed by atoms with Crippen LogP contribution in [0.1, 0.15) is 16.1 Å². The minimum atomic E-state index is 0.674. The third-order valence-electron chi connectivity index (χ3n) is 3.44. The number of carbonyl (C=O) groups is 1. The molecule has 0 aliphatic heterocycles. The normalized spacial score (nSPS) is 10.3. The van der Waals surface area contributed by atoms with Crippen molar-refractivity contribution in [3.05, 3.63) is 78.0 Å². The number of aryl methyl sites for hydroxylation is 1. The van der Waals surface area contributed by atoms with Crippen molar-refractivity contribution in [3.63, 3.8) is 0 Å². The fourth-order valence-electron chi connectivity index (χ4n) is 2.35. The topological polar surface area (TPSA) is 30.0 Å². The quantitative estimate of drug-likeness (QED) is 0.656. The van der Waals surface area contributed by atoms with Gasteiger partial charge in [0.25, 0.3) is 0 Å². The predicted molar refractivity (Wildman–Crippen MR) is 85.2 cm³/mol. The molecule has 102 valence electrons. The Hall–Kier alpha value is -2.74. The molecule has 0 unspecified atom stereocenters. The van der Waals surface area contributed by atoms with Gasteiger partial charge in [-0.1, -0.05) is 60.7 Å². The highest BCUT2D eigenvalue weighted by Gasteiger charge is 2.09. The molecule has 0 aliphatic rings. The fraction of sp³-hybridized carbons (Fsp3) is 0.0526. The summed E-state index contributed by atoms with van der Waals surface area (Å²) in [6.07, 6.45) is 0.853. The first-order valence-corrected chi connectivity index (χ1v) is 6.86. The largest absolute Gasteiger partial charge is 0.298 e. The third kappa shape index (κ3) is 2.75. The van der Waals surface area contributed by atoms with Gasteiger partial charge < -0.3 is 0 Å². The van der Waals surface area contributed by atoms with E-state index in [-0.39, 0.29) is 0 Å². The lowest BCUT2D eigenvalue weighted by Crippen LogP contribution is -1.92. The average Bonchev–Trinajstić information content (AvgIpc) is 2.56. The maximum absolute atomic E-state index is 10.8. The minimum absolute atomic E-state index is 0.674. The summed E-state index contributed by atoms with van der Waals surface area (Å²) in [5.41, 5.74) is 5.85. The summed E-state index contributed by atoms with van der Waals surface area (Å²) in [6, 6.07) is 21.8. The Morgan fingerprint density at radius 1 is 0.810 bits per heavy atom. The van der Waals surface area contributed by atoms with Gasteiger partial charge in [0.2, 0.25) is 0 Å². The van der Waals surface area contributed by atoms with Crippen LogP contribution in [-0.4, -0.2) is 11.3 Å². The summed E-state index contributed by atoms with van der Waals surface area (Å²) in [4.78, 5) is 15.5. The van der Waals surface area contributed by atoms with Crippen LogP contribution < -0.4 is 0 Å². The van der Waals surface area contributed by atoms with Gasteiger partial charge in [0.1, 0.15) is 6.29 Å². The summed E-state index contributed by atoms with van der Waals surface area (Å²) in [7, 11) is 0. The van der Waals surface area contributed by atoms with E-state index in [0.717, 1.165) is 34.4 Å². The number of pyridine rings is 1. The van der Waals surface area contributed by atoms with Gasteiger partial charge in [-0.15, -0.1) is 0 Å². The number of hydrogen-bond donors (Lipinski definition) is 0. The minimum Gasteiger partial charge on any atom is -0.298 e. The molecule has 0 saturated carbocycles. The number of hydrogen-bond acceptors (Lipinski definition) is 2. The van der Waals surface area contributed by atoms with Crippen molar-refractivity contribution in [2.45, 2.75) is 6.92 Å². The third-order valence-corrected chi connectivity index (χ3v) is 3.44. The van der Waals surface area contributed by atoms with E-state index in [0.29, 0.717) is 5.56 Å². The van der Waals surface area contributed by atoms with Crippen LogP contribution >= 0.6 is 0 Å². The molecule has 0 atom stereocenters. The van der Waals surface area contributed by atoms with Crippen molar-refractivity contribution in [1.29, 1.82) is 0 Å². The van der Waals surface area contributed by atoms with Crippen LogP contribution in [0.4, 0.5) is 0 Å². The molecule has 0 aliphatic carbocycles. The summed E-state index contributed by atoms with van der Waals surface area (Å²) in [6.45, 7) is 1.98. The second kappa shape index (κ2) is 5.71. The second-order valence-corrected chi connectivity index (χ2v) is 4.95. The summed E-state index contributed by atoms with van der Waals surface area (Å²) < 4.78 is 0. The highest BCUT2D eigenvalue weighted by Crippen LogP contribution is 2.30. The van der Waals surface area contributed by atoms with Gasteiger partial charge in [0, 0.05) is 22.4 Å². The highest BCUT2D eigenvalue weighted by molar-refractivity contribution is 5.82. The van der Waals surface area contributed by atoms with Crippen LogP contribution in [0.15, 0.2) is 66.7 Å². The molecule has 2 aromatic carbocycles. The molecule has 2 nitrogen and oxygen atoms in total. The van der Waals surface area contributed by atoms with Gasteiger partial charge in [0.15, 0.2) is 0 Å². The molecule has 0 saturated heterocycles. The van der Waals surface area contributed by atoms with E-state index >= 15 is 0 Å². The smallest absolute Gasteiger partial charge is 0.150 e. The zero-order chi connectivity index (χ0) is 14.7. The molecule has 0 fully saturated rings. The lowest BCUT2D eigenvalue weighted by Gasteiger charge is -2.10. The van der Waals surface area contributed by atoms with Gasteiger partial charge in [-0.25, -0.2) is 0 Å². The van der Waals surface area contributed by atoms with Gasteiger partial charge in [-0.05, 0) is 18.6 Å². The summed E-state index contributed by atoms with van der Waals surface area (Å²) in [5, 5.41) is 0. The number of carbonyl (C=O) groups excluding carboxylic acids is 1. The Labute approximate surface area is 124 Å². The van der Waals surface area contributed by atoms with Gasteiger partial charge in [-0.3, -0.25) is 9.78 Å². The van der Waals surface area contributed by atoms with Crippen molar-refractivity contribution in [2.24, 2.45) is 0 Å². The number of aromatic nitrogens is 1. The molecule has 3 rings (SSSR count). The molecule has 2 heteroatoms. The van der Waals surface area contributed by atoms with E-state index in [2.05, 4.69) is 23.2 Å². The fourth-order valence-corrected chi connectivity index (χ4v) is 2.35. The maximum Gasteiger partial charge on any atom is 0.150 e. The molecule has 0 spiro atoms. The van der Waals surface area contributed by atoms with Gasteiger partial charge in [-0.2, -0.15) is 0 Å². The zero-order valence-corrected chi connectivity index (χ0v) is 11.8. The number of rotatable bonds is 3. The van der Waals surface area contributed by atoms with Crippen molar-refractivity contribution in [2.75, 3.05) is 0 Å². The standard InChI is InChI=1S/C19H15NO/c1-14-7-12-18(16-5-3-2-4-6-16)19(20-14)17-10-8-15(13-21)9-11-17/h2-13H,1H3. The average molecular weight is 273 g/mol. The molecule has 3 aromatic rings. The molecule has 0 N–H and O–H groups in total. The van der Waals surface area contributed by atoms with E-state index in [1.807, 2.05) is 55.5 Å². The number of aldehydes is 1. The van der Waals surface area contributed by atoms with Crippen molar-refractivity contribution in [1.82, 2.24) is 4.98 Å². The molecular weight excluding hydrogens is 258 g/mol. The van der Waals surface area contributed by atoms with E-state index in [1.54, 1.807) is 0 Å². The first-order valence-electron chi connectivity index (χ1n) is 6.86. The monoisotopic (exact) mass is 273 g/mol. The Morgan fingerprint density at radius 2 is 1.52 bits per heavy atom. The van der Waals surface area contributed by atoms with Crippen molar-refractivity contribution in [3.8, 4) is 22.4 Å². The van der Waals surface area contributed by atoms with Crippen LogP contribution in [0.25, 0.3) is 22.4 Å². The van der Waals surface area contributed by atoms with Crippen molar-refractivity contribution < 1.29 is 4.79 Å². The Kier molecular flexibility index (Phi) is 3.61. The molecular formula is C19H15NO. The van der Waals surface area contributed by atoms with Gasteiger partial charge >= 0.3 is 0 Å². The number of benzene rings is 2. The Bertz CT molecular complexity index is 761. The zero-order valence-electron chi connectivity index (χ0n) is 11.8. The molecule has 21 heavy (non-hydrogen) atoms. The van der Waals surface area contributed by atoms with Gasteiger partial charge in [0.05, 0.1) is 5.69 Å². The van der Waals surface area contributed by atoms with Crippen LogP contribution in [0.3, 0.4) is 0 Å². The Morgan fingerprint density at radius 3 is 2.19 bits per heavy atom. The summed E-state index contributed by atoms with van der Waals surface area (Å²) >= 11 is 0. The van der Waals surface area contributed by atoms with Crippen LogP contribution in [0, 0.1) is 6.92 Å². The molecule has 1 aromatic heterocycles. The van der Waals surface area contributed by atoms with E-state index in [1.165, 1.54) is 0 Å². The van der Waals surface area contributed by atoms with Crippen molar-refractivity contribution >= 4 is 6.29 Å². The lowest BCUT2D eigenvalue weighted by atomic mass is 9.98. The molecule has 1 heterocycles. The highest BCUT2D eigenvalue weighted by atomic mass is 16.1. The van der Waals surface area contributed by atoms with Crippen LogP contribution in [-0.2, 0) is 0 Å². The predicted octanol–water partition coefficient (Wildman–Crippen LogP) is 4.54. The summed E-state index contributed by atoms with van der Waals surface area (Å²) in [5.74, 6) is 0. The first kappa shape index (κ1) is 13.3. The van der Waals surface area contributed by atoms with E-state index < -0.39 is 0 Å². The Balaban J connectivity index is 2.16. The second-order valence-electron chi connectivity index (χ2n) is 4.95. The first-order chi connectivity index (χ1) is 10.3. The maximum atomic E-state index is 10.8.